The molecule has 0 radical (unpaired) electrons. The number of likely N-dealkylation sites (tertiary alicyclic amines) is 1. The third kappa shape index (κ3) is 4.26. The van der Waals surface area contributed by atoms with Crippen LogP contribution < -0.4 is 5.32 Å². The van der Waals surface area contributed by atoms with E-state index in [4.69, 9.17) is 8.83 Å². The molecule has 1 atom stereocenters. The van der Waals surface area contributed by atoms with Crippen molar-refractivity contribution in [3.63, 3.8) is 0 Å². The molecule has 1 N–H and O–H groups in total. The van der Waals surface area contributed by atoms with Gasteiger partial charge in [-0.25, -0.2) is 4.98 Å². The number of aryl methyl sites for hydroxylation is 1. The molecule has 0 unspecified atom stereocenters. The van der Waals surface area contributed by atoms with E-state index in [0.29, 0.717) is 29.6 Å². The van der Waals surface area contributed by atoms with Crippen LogP contribution in [0.5, 0.6) is 0 Å². The normalized spacial score (nSPS) is 18.7. The van der Waals surface area contributed by atoms with Crippen molar-refractivity contribution in [3.8, 4) is 11.7 Å². The molecule has 24 heavy (non-hydrogen) atoms. The van der Waals surface area contributed by atoms with Crippen LogP contribution >= 0.6 is 0 Å². The number of aromatic nitrogens is 1. The van der Waals surface area contributed by atoms with Crippen LogP contribution in [-0.2, 0) is 11.2 Å². The van der Waals surface area contributed by atoms with Crippen LogP contribution in [0.2, 0.25) is 0 Å². The van der Waals surface area contributed by atoms with E-state index in [0.717, 1.165) is 25.6 Å². The molecule has 1 aliphatic heterocycles. The second kappa shape index (κ2) is 7.66. The number of oxazole rings is 1. The summed E-state index contributed by atoms with van der Waals surface area (Å²) in [5.74, 6) is 2.38. The summed E-state index contributed by atoms with van der Waals surface area (Å²) in [7, 11) is 0. The van der Waals surface area contributed by atoms with Gasteiger partial charge in [0.15, 0.2) is 5.76 Å². The highest BCUT2D eigenvalue weighted by atomic mass is 16.4. The predicted octanol–water partition coefficient (Wildman–Crippen LogP) is 2.63. The Labute approximate surface area is 142 Å². The molecule has 0 saturated carbocycles. The van der Waals surface area contributed by atoms with Crippen LogP contribution in [0.15, 0.2) is 27.2 Å². The lowest BCUT2D eigenvalue weighted by molar-refractivity contribution is -0.120. The second-order valence-electron chi connectivity index (χ2n) is 6.57. The van der Waals surface area contributed by atoms with Crippen molar-refractivity contribution in [1.29, 1.82) is 0 Å². The Hall–Kier alpha value is -2.08. The van der Waals surface area contributed by atoms with E-state index in [1.807, 2.05) is 6.92 Å². The summed E-state index contributed by atoms with van der Waals surface area (Å²) in [4.78, 5) is 18.9. The summed E-state index contributed by atoms with van der Waals surface area (Å²) in [6, 6.07) is 3.57. The van der Waals surface area contributed by atoms with E-state index in [-0.39, 0.29) is 12.3 Å². The summed E-state index contributed by atoms with van der Waals surface area (Å²) in [5.41, 5.74) is 0.658. The van der Waals surface area contributed by atoms with Gasteiger partial charge in [-0.3, -0.25) is 4.79 Å². The molecule has 0 bridgehead atoms. The molecular weight excluding hydrogens is 306 g/mol. The maximum Gasteiger partial charge on any atom is 0.263 e. The molecule has 6 nitrogen and oxygen atoms in total. The van der Waals surface area contributed by atoms with Gasteiger partial charge in [0.1, 0.15) is 5.76 Å². The minimum absolute atomic E-state index is 0.0255. The van der Waals surface area contributed by atoms with Crippen molar-refractivity contribution in [2.45, 2.75) is 33.1 Å². The number of nitrogens with one attached hydrogen (secondary N) is 1. The lowest BCUT2D eigenvalue weighted by atomic mass is 10.0. The number of carbonyl (C=O) groups excluding carboxylic acids is 1. The Morgan fingerprint density at radius 1 is 1.50 bits per heavy atom. The molecule has 1 fully saturated rings. The number of hydrogen-bond donors (Lipinski definition) is 1. The minimum Gasteiger partial charge on any atom is -0.459 e. The van der Waals surface area contributed by atoms with E-state index in [2.05, 4.69) is 22.1 Å². The van der Waals surface area contributed by atoms with E-state index in [1.165, 1.54) is 12.8 Å². The third-order valence-electron chi connectivity index (χ3n) is 4.44. The van der Waals surface area contributed by atoms with Crippen molar-refractivity contribution in [3.05, 3.63) is 29.9 Å². The summed E-state index contributed by atoms with van der Waals surface area (Å²) >= 11 is 0. The van der Waals surface area contributed by atoms with E-state index in [9.17, 15) is 4.79 Å². The molecule has 2 aromatic rings. The van der Waals surface area contributed by atoms with Gasteiger partial charge >= 0.3 is 0 Å². The maximum atomic E-state index is 12.1. The SMILES string of the molecule is Cc1oc(-c2ccco2)nc1CC(=O)NCCN1CCC[C@H](C)C1. The molecule has 0 aromatic carbocycles. The molecule has 130 valence electrons. The van der Waals surface area contributed by atoms with Gasteiger partial charge in [0.2, 0.25) is 5.91 Å². The quantitative estimate of drug-likeness (QED) is 0.881. The average molecular weight is 331 g/mol. The number of carbonyl (C=O) groups is 1. The minimum atomic E-state index is -0.0255. The largest absolute Gasteiger partial charge is 0.459 e. The monoisotopic (exact) mass is 331 g/mol. The number of furan rings is 1. The molecule has 0 aliphatic carbocycles. The highest BCUT2D eigenvalue weighted by Crippen LogP contribution is 2.22. The molecule has 2 aromatic heterocycles. The summed E-state index contributed by atoms with van der Waals surface area (Å²) in [6.45, 7) is 7.95. The van der Waals surface area contributed by atoms with Crippen molar-refractivity contribution < 1.29 is 13.6 Å². The first kappa shape index (κ1) is 16.8. The van der Waals surface area contributed by atoms with Crippen LogP contribution in [0.4, 0.5) is 0 Å². The van der Waals surface area contributed by atoms with E-state index >= 15 is 0 Å². The van der Waals surface area contributed by atoms with Crippen LogP contribution in [-0.4, -0.2) is 42.0 Å². The Bertz CT molecular complexity index is 663. The lowest BCUT2D eigenvalue weighted by Gasteiger charge is -2.30. The number of nitrogens with zero attached hydrogens (tertiary/aromatic N) is 2. The highest BCUT2D eigenvalue weighted by molar-refractivity contribution is 5.78. The average Bonchev–Trinajstić information content (AvgIpc) is 3.18. The molecule has 1 aliphatic rings. The van der Waals surface area contributed by atoms with Gasteiger partial charge in [0.25, 0.3) is 5.89 Å². The third-order valence-corrected chi connectivity index (χ3v) is 4.44. The smallest absolute Gasteiger partial charge is 0.263 e. The van der Waals surface area contributed by atoms with Gasteiger partial charge in [-0.05, 0) is 44.4 Å². The summed E-state index contributed by atoms with van der Waals surface area (Å²) in [6.07, 6.45) is 4.37. The zero-order chi connectivity index (χ0) is 16.9. The van der Waals surface area contributed by atoms with Gasteiger partial charge < -0.3 is 19.1 Å². The number of piperidine rings is 1. The Balaban J connectivity index is 1.47. The Morgan fingerprint density at radius 3 is 3.12 bits per heavy atom. The zero-order valence-corrected chi connectivity index (χ0v) is 14.4. The standard InChI is InChI=1S/C18H25N3O3/c1-13-5-3-8-21(12-13)9-7-19-17(22)11-15-14(2)24-18(20-15)16-6-4-10-23-16/h4,6,10,13H,3,5,7-9,11-12H2,1-2H3,(H,19,22)/t13-/m0/s1. The maximum absolute atomic E-state index is 12.1. The second-order valence-corrected chi connectivity index (χ2v) is 6.57. The Kier molecular flexibility index (Phi) is 5.35. The number of rotatable bonds is 6. The number of amides is 1. The van der Waals surface area contributed by atoms with Gasteiger partial charge in [-0.15, -0.1) is 0 Å². The first-order chi connectivity index (χ1) is 11.6. The molecule has 3 rings (SSSR count). The lowest BCUT2D eigenvalue weighted by Crippen LogP contribution is -2.40. The molecular formula is C18H25N3O3. The summed E-state index contributed by atoms with van der Waals surface area (Å²) < 4.78 is 10.8. The number of hydrogen-bond acceptors (Lipinski definition) is 5. The van der Waals surface area contributed by atoms with Crippen molar-refractivity contribution in [2.24, 2.45) is 5.92 Å². The fraction of sp³-hybridized carbons (Fsp3) is 0.556. The molecule has 1 saturated heterocycles. The first-order valence-corrected chi connectivity index (χ1v) is 8.61. The fourth-order valence-corrected chi connectivity index (χ4v) is 3.16. The van der Waals surface area contributed by atoms with Gasteiger partial charge in [0.05, 0.1) is 18.4 Å². The van der Waals surface area contributed by atoms with Crippen LogP contribution in [0.1, 0.15) is 31.2 Å². The molecule has 3 heterocycles. The topological polar surface area (TPSA) is 71.5 Å². The van der Waals surface area contributed by atoms with Crippen LogP contribution in [0.3, 0.4) is 0 Å². The first-order valence-electron chi connectivity index (χ1n) is 8.61. The van der Waals surface area contributed by atoms with Crippen molar-refractivity contribution in [2.75, 3.05) is 26.2 Å². The van der Waals surface area contributed by atoms with E-state index < -0.39 is 0 Å². The molecule has 0 spiro atoms. The van der Waals surface area contributed by atoms with Gasteiger partial charge in [-0.1, -0.05) is 6.92 Å². The van der Waals surface area contributed by atoms with Crippen molar-refractivity contribution >= 4 is 5.91 Å². The van der Waals surface area contributed by atoms with Gasteiger partial charge in [0, 0.05) is 19.6 Å². The van der Waals surface area contributed by atoms with E-state index in [1.54, 1.807) is 18.4 Å². The van der Waals surface area contributed by atoms with Gasteiger partial charge in [-0.2, -0.15) is 0 Å². The zero-order valence-electron chi connectivity index (χ0n) is 14.4. The Morgan fingerprint density at radius 2 is 2.38 bits per heavy atom. The highest BCUT2D eigenvalue weighted by Gasteiger charge is 2.18. The van der Waals surface area contributed by atoms with Crippen LogP contribution in [0.25, 0.3) is 11.7 Å². The molecule has 6 heteroatoms. The predicted molar refractivity (Wildman–Crippen MR) is 90.5 cm³/mol. The van der Waals surface area contributed by atoms with Crippen molar-refractivity contribution in [1.82, 2.24) is 15.2 Å². The summed E-state index contributed by atoms with van der Waals surface area (Å²) in [5, 5.41) is 2.98. The van der Waals surface area contributed by atoms with Crippen LogP contribution in [0, 0.1) is 12.8 Å². The fourth-order valence-electron chi connectivity index (χ4n) is 3.16. The molecule has 1 amide bonds.